The minimum Gasteiger partial charge on any atom is -0.456 e. The van der Waals surface area contributed by atoms with Crippen molar-refractivity contribution in [2.75, 3.05) is 19.1 Å². The van der Waals surface area contributed by atoms with Crippen molar-refractivity contribution in [2.45, 2.75) is 83.9 Å². The summed E-state index contributed by atoms with van der Waals surface area (Å²) < 4.78 is 59.0. The van der Waals surface area contributed by atoms with Crippen LogP contribution in [0.2, 0.25) is 0 Å². The van der Waals surface area contributed by atoms with Gasteiger partial charge in [0.1, 0.15) is 29.8 Å². The largest absolute Gasteiger partial charge is 0.533 e. The van der Waals surface area contributed by atoms with Crippen molar-refractivity contribution in [3.05, 3.63) is 54.0 Å². The molecule has 0 bridgehead atoms. The van der Waals surface area contributed by atoms with Gasteiger partial charge in [-0.05, 0) is 49.1 Å². The lowest BCUT2D eigenvalue weighted by Crippen LogP contribution is -2.45. The lowest BCUT2D eigenvalue weighted by molar-refractivity contribution is -0.166. The first-order valence-electron chi connectivity index (χ1n) is 15.0. The van der Waals surface area contributed by atoms with Gasteiger partial charge in [0, 0.05) is 13.8 Å². The molecule has 5 atom stereocenters. The second-order valence-electron chi connectivity index (χ2n) is 12.2. The average Bonchev–Trinajstić information content (AvgIpc) is 3.56. The van der Waals surface area contributed by atoms with E-state index in [1.807, 2.05) is 26.8 Å². The molecule has 3 heterocycles. The topological polar surface area (TPSA) is 222 Å². The highest BCUT2D eigenvalue weighted by molar-refractivity contribution is 7.48. The Bertz CT molecular complexity index is 1770. The van der Waals surface area contributed by atoms with Gasteiger partial charge in [0.25, 0.3) is 0 Å². The third kappa shape index (κ3) is 8.65. The molecule has 49 heavy (non-hydrogen) atoms. The number of esters is 2. The molecule has 1 saturated heterocycles. The standard InChI is InChI=1S/C31H38N5O12P/c1-18(2)44-29(39)41-17-43-49(40,48-22-10-8-21(9-11-22)30(5,6)7)42-14-24-26(45-19(3)37)27(46-20(4)38)31(15-32,47-24)25-13-12-23-28(33)34-16-35-36(23)25/h8-13,16,18,24,26-27H,14,17H2,1-7H3,(H2,33,34,35)/t24-,26-,27-,31+,49-/m1/s1. The summed E-state index contributed by atoms with van der Waals surface area (Å²) in [5, 5.41) is 14.8. The van der Waals surface area contributed by atoms with Gasteiger partial charge in [-0.3, -0.25) is 14.1 Å². The third-order valence-electron chi connectivity index (χ3n) is 7.08. The second-order valence-corrected chi connectivity index (χ2v) is 13.8. The number of nitrogens with two attached hydrogens (primary N) is 1. The summed E-state index contributed by atoms with van der Waals surface area (Å²) >= 11 is 0. The molecule has 1 aliphatic heterocycles. The van der Waals surface area contributed by atoms with Crippen molar-refractivity contribution in [3.8, 4) is 11.8 Å². The lowest BCUT2D eigenvalue weighted by atomic mass is 9.87. The van der Waals surface area contributed by atoms with E-state index in [0.717, 1.165) is 25.7 Å². The summed E-state index contributed by atoms with van der Waals surface area (Å²) in [5.41, 5.74) is 4.95. The minimum absolute atomic E-state index is 0.0525. The molecule has 2 N–H and O–H groups in total. The lowest BCUT2D eigenvalue weighted by Gasteiger charge is -2.28. The number of carbonyl (C=O) groups is 3. The van der Waals surface area contributed by atoms with Crippen LogP contribution in [0.3, 0.4) is 0 Å². The fourth-order valence-corrected chi connectivity index (χ4v) is 6.01. The van der Waals surface area contributed by atoms with E-state index in [9.17, 15) is 24.2 Å². The number of phosphoric ester groups is 1. The Labute approximate surface area is 282 Å². The summed E-state index contributed by atoms with van der Waals surface area (Å²) in [5.74, 6) is -1.49. The van der Waals surface area contributed by atoms with Gasteiger partial charge in [-0.1, -0.05) is 32.9 Å². The van der Waals surface area contributed by atoms with Crippen LogP contribution in [0.5, 0.6) is 5.75 Å². The Morgan fingerprint density at radius 2 is 1.76 bits per heavy atom. The Morgan fingerprint density at radius 3 is 2.35 bits per heavy atom. The zero-order valence-corrected chi connectivity index (χ0v) is 28.9. The van der Waals surface area contributed by atoms with Crippen LogP contribution >= 0.6 is 7.82 Å². The first-order chi connectivity index (χ1) is 23.0. The van der Waals surface area contributed by atoms with Crippen molar-refractivity contribution < 1.29 is 56.2 Å². The molecule has 1 fully saturated rings. The van der Waals surface area contributed by atoms with Crippen LogP contribution in [-0.4, -0.2) is 70.5 Å². The van der Waals surface area contributed by atoms with Crippen molar-refractivity contribution in [1.29, 1.82) is 5.26 Å². The number of nitriles is 1. The number of ether oxygens (including phenoxy) is 5. The van der Waals surface area contributed by atoms with E-state index in [1.165, 1.54) is 16.6 Å². The van der Waals surface area contributed by atoms with Crippen molar-refractivity contribution in [3.63, 3.8) is 0 Å². The summed E-state index contributed by atoms with van der Waals surface area (Å²) in [6.45, 7) is 9.81. The van der Waals surface area contributed by atoms with Gasteiger partial charge < -0.3 is 33.9 Å². The molecular weight excluding hydrogens is 665 g/mol. The maximum atomic E-state index is 14.0. The number of hydrogen-bond donors (Lipinski definition) is 1. The molecule has 4 rings (SSSR count). The third-order valence-corrected chi connectivity index (χ3v) is 8.40. The predicted octanol–water partition coefficient (Wildman–Crippen LogP) is 4.33. The predicted molar refractivity (Wildman–Crippen MR) is 169 cm³/mol. The maximum absolute atomic E-state index is 14.0. The van der Waals surface area contributed by atoms with Gasteiger partial charge in [0.15, 0.2) is 18.0 Å². The van der Waals surface area contributed by atoms with Crippen LogP contribution < -0.4 is 10.3 Å². The SMILES string of the molecule is CC(=O)O[C@H]1[C@@H](OC(C)=O)[C@](C#N)(c2ccc3c(N)ncnn23)O[C@@H]1CO[P@](=O)(OCOC(=O)OC(C)C)Oc1ccc(C(C)(C)C)cc1. The van der Waals surface area contributed by atoms with E-state index in [1.54, 1.807) is 38.1 Å². The number of phosphoric acid groups is 1. The molecule has 1 aromatic carbocycles. The zero-order valence-electron chi connectivity index (χ0n) is 28.0. The Morgan fingerprint density at radius 1 is 1.08 bits per heavy atom. The molecule has 0 saturated carbocycles. The van der Waals surface area contributed by atoms with Crippen molar-refractivity contribution in [1.82, 2.24) is 14.6 Å². The van der Waals surface area contributed by atoms with Gasteiger partial charge in [-0.25, -0.2) is 23.4 Å². The molecule has 264 valence electrons. The van der Waals surface area contributed by atoms with Crippen molar-refractivity contribution in [2.24, 2.45) is 0 Å². The monoisotopic (exact) mass is 703 g/mol. The average molecular weight is 704 g/mol. The van der Waals surface area contributed by atoms with E-state index in [2.05, 4.69) is 10.1 Å². The molecule has 0 radical (unpaired) electrons. The second kappa shape index (κ2) is 14.8. The normalized spacial score (nSPS) is 21.8. The summed E-state index contributed by atoms with van der Waals surface area (Å²) in [6, 6.07) is 11.6. The fourth-order valence-electron chi connectivity index (χ4n) is 4.94. The highest BCUT2D eigenvalue weighted by Gasteiger charge is 2.62. The van der Waals surface area contributed by atoms with Crippen LogP contribution in [0.1, 0.15) is 59.7 Å². The van der Waals surface area contributed by atoms with Crippen LogP contribution in [-0.2, 0) is 57.9 Å². The van der Waals surface area contributed by atoms with E-state index in [-0.39, 0.29) is 22.7 Å². The number of nitrogens with zero attached hydrogens (tertiary/aromatic N) is 4. The molecule has 3 aromatic rings. The van der Waals surface area contributed by atoms with Crippen LogP contribution in [0.15, 0.2) is 42.7 Å². The van der Waals surface area contributed by atoms with E-state index in [4.69, 9.17) is 43.0 Å². The van der Waals surface area contributed by atoms with Gasteiger partial charge in [-0.2, -0.15) is 10.4 Å². The first-order valence-corrected chi connectivity index (χ1v) is 16.5. The molecular formula is C31H38N5O12P. The van der Waals surface area contributed by atoms with E-state index < -0.39 is 69.3 Å². The molecule has 18 heteroatoms. The Balaban J connectivity index is 1.69. The first kappa shape index (κ1) is 37.1. The molecule has 1 aliphatic rings. The van der Waals surface area contributed by atoms with Gasteiger partial charge in [0.05, 0.1) is 18.4 Å². The molecule has 0 amide bonds. The number of anilines is 1. The highest BCUT2D eigenvalue weighted by atomic mass is 31.2. The van der Waals surface area contributed by atoms with E-state index >= 15 is 0 Å². The Hall–Kier alpha value is -4.75. The summed E-state index contributed by atoms with van der Waals surface area (Å²) in [7, 11) is -4.69. The smallest absolute Gasteiger partial charge is 0.456 e. The number of hydrogen-bond acceptors (Lipinski definition) is 16. The fraction of sp³-hybridized carbons (Fsp3) is 0.484. The molecule has 17 nitrogen and oxygen atoms in total. The van der Waals surface area contributed by atoms with E-state index in [0.29, 0.717) is 5.52 Å². The zero-order chi connectivity index (χ0) is 36.1. The van der Waals surface area contributed by atoms with Crippen molar-refractivity contribution >= 4 is 37.3 Å². The molecule has 2 aromatic heterocycles. The van der Waals surface area contributed by atoms with Gasteiger partial charge >= 0.3 is 25.9 Å². The van der Waals surface area contributed by atoms with Gasteiger partial charge in [0.2, 0.25) is 12.4 Å². The number of benzene rings is 1. The number of rotatable bonds is 12. The summed E-state index contributed by atoms with van der Waals surface area (Å²) in [6.07, 6.45) is -4.94. The molecule has 0 aliphatic carbocycles. The number of nitrogen functional groups attached to an aromatic ring is 1. The van der Waals surface area contributed by atoms with Crippen LogP contribution in [0, 0.1) is 11.3 Å². The molecule has 0 unspecified atom stereocenters. The number of carbonyl (C=O) groups excluding carboxylic acids is 3. The highest BCUT2D eigenvalue weighted by Crippen LogP contribution is 2.51. The quantitative estimate of drug-likeness (QED) is 0.120. The molecule has 0 spiro atoms. The Kier molecular flexibility index (Phi) is 11.2. The number of aromatic nitrogens is 3. The maximum Gasteiger partial charge on any atom is 0.533 e. The number of fused-ring (bicyclic) bond motifs is 1. The van der Waals surface area contributed by atoms with Gasteiger partial charge in [-0.15, -0.1) is 0 Å². The minimum atomic E-state index is -4.69. The van der Waals surface area contributed by atoms with Crippen LogP contribution in [0.4, 0.5) is 10.6 Å². The summed E-state index contributed by atoms with van der Waals surface area (Å²) in [4.78, 5) is 40.5. The van der Waals surface area contributed by atoms with Crippen LogP contribution in [0.25, 0.3) is 5.52 Å².